The molecule has 11 heteroatoms. The summed E-state index contributed by atoms with van der Waals surface area (Å²) in [6, 6.07) is 10.1. The number of anilines is 1. The lowest BCUT2D eigenvalue weighted by atomic mass is 10.2. The van der Waals surface area contributed by atoms with E-state index in [-0.39, 0.29) is 25.2 Å². The van der Waals surface area contributed by atoms with Crippen LogP contribution in [-0.4, -0.2) is 45.3 Å². The Morgan fingerprint density at radius 2 is 1.73 bits per heavy atom. The van der Waals surface area contributed by atoms with Crippen molar-refractivity contribution < 1.29 is 17.9 Å². The predicted molar refractivity (Wildman–Crippen MR) is 103 cm³/mol. The van der Waals surface area contributed by atoms with Gasteiger partial charge in [0, 0.05) is 42.1 Å². The van der Waals surface area contributed by atoms with Crippen molar-refractivity contribution in [3.05, 3.63) is 69.7 Å². The first-order valence-electron chi connectivity index (χ1n) is 8.91. The molecule has 30 heavy (non-hydrogen) atoms. The van der Waals surface area contributed by atoms with Crippen molar-refractivity contribution in [3.63, 3.8) is 0 Å². The van der Waals surface area contributed by atoms with E-state index in [1.54, 1.807) is 23.1 Å². The highest BCUT2D eigenvalue weighted by Gasteiger charge is 2.40. The maximum absolute atomic E-state index is 12.2. The standard InChI is InChI=1S/C19H15ClF3N5O2/c20-14-3-1-12(2-4-14)9-28-17(29)6-5-16(26-28)13-7-24-18(25-8-13)27-10-15(11-27)30-19(21,22)23/h1-8,15H,9-11H2. The van der Waals surface area contributed by atoms with E-state index in [0.29, 0.717) is 22.2 Å². The molecule has 7 nitrogen and oxygen atoms in total. The first kappa shape index (κ1) is 20.3. The summed E-state index contributed by atoms with van der Waals surface area (Å²) < 4.78 is 41.9. The monoisotopic (exact) mass is 437 g/mol. The van der Waals surface area contributed by atoms with E-state index in [1.165, 1.54) is 23.1 Å². The van der Waals surface area contributed by atoms with Crippen LogP contribution in [0.5, 0.6) is 0 Å². The molecule has 0 aliphatic carbocycles. The molecule has 3 heterocycles. The number of rotatable bonds is 5. The third kappa shape index (κ3) is 4.77. The second-order valence-corrected chi connectivity index (χ2v) is 7.14. The predicted octanol–water partition coefficient (Wildman–Crippen LogP) is 3.13. The Bertz CT molecular complexity index is 1080. The van der Waals surface area contributed by atoms with Crippen LogP contribution in [-0.2, 0) is 11.3 Å². The summed E-state index contributed by atoms with van der Waals surface area (Å²) in [5, 5.41) is 4.95. The molecule has 1 aliphatic rings. The van der Waals surface area contributed by atoms with E-state index in [0.717, 1.165) is 5.56 Å². The Balaban J connectivity index is 1.46. The van der Waals surface area contributed by atoms with Crippen LogP contribution in [0, 0.1) is 0 Å². The first-order valence-corrected chi connectivity index (χ1v) is 9.29. The summed E-state index contributed by atoms with van der Waals surface area (Å²) in [5.74, 6) is 0.301. The minimum Gasteiger partial charge on any atom is -0.335 e. The van der Waals surface area contributed by atoms with Crippen molar-refractivity contribution in [3.8, 4) is 11.3 Å². The zero-order valence-corrected chi connectivity index (χ0v) is 16.1. The normalized spacial score (nSPS) is 14.6. The Kier molecular flexibility index (Phi) is 5.44. The van der Waals surface area contributed by atoms with Gasteiger partial charge in [0.1, 0.15) is 6.10 Å². The molecule has 0 N–H and O–H groups in total. The van der Waals surface area contributed by atoms with Gasteiger partial charge in [-0.1, -0.05) is 23.7 Å². The van der Waals surface area contributed by atoms with Crippen molar-refractivity contribution in [2.75, 3.05) is 18.0 Å². The maximum atomic E-state index is 12.2. The fourth-order valence-electron chi connectivity index (χ4n) is 2.96. The van der Waals surface area contributed by atoms with Gasteiger partial charge in [-0.2, -0.15) is 5.10 Å². The number of alkyl halides is 3. The topological polar surface area (TPSA) is 73.1 Å². The molecule has 1 aliphatic heterocycles. The molecule has 0 bridgehead atoms. The number of hydrogen-bond acceptors (Lipinski definition) is 6. The van der Waals surface area contributed by atoms with Gasteiger partial charge in [-0.3, -0.25) is 9.53 Å². The largest absolute Gasteiger partial charge is 0.522 e. The van der Waals surface area contributed by atoms with Gasteiger partial charge in [0.15, 0.2) is 0 Å². The Hall–Kier alpha value is -2.98. The molecule has 0 spiro atoms. The second-order valence-electron chi connectivity index (χ2n) is 6.70. The van der Waals surface area contributed by atoms with Gasteiger partial charge >= 0.3 is 6.36 Å². The van der Waals surface area contributed by atoms with Crippen LogP contribution in [0.15, 0.2) is 53.6 Å². The third-order valence-electron chi connectivity index (χ3n) is 4.48. The minimum atomic E-state index is -4.65. The summed E-state index contributed by atoms with van der Waals surface area (Å²) in [5.41, 5.74) is 1.68. The highest BCUT2D eigenvalue weighted by atomic mass is 35.5. The van der Waals surface area contributed by atoms with Crippen LogP contribution in [0.3, 0.4) is 0 Å². The van der Waals surface area contributed by atoms with E-state index < -0.39 is 12.5 Å². The molecule has 0 atom stereocenters. The van der Waals surface area contributed by atoms with Gasteiger partial charge < -0.3 is 4.90 Å². The van der Waals surface area contributed by atoms with E-state index in [1.807, 2.05) is 12.1 Å². The summed E-state index contributed by atoms with van der Waals surface area (Å²) in [7, 11) is 0. The molecule has 3 aromatic rings. The fraction of sp³-hybridized carbons (Fsp3) is 0.263. The van der Waals surface area contributed by atoms with Crippen molar-refractivity contribution >= 4 is 17.5 Å². The third-order valence-corrected chi connectivity index (χ3v) is 4.73. The lowest BCUT2D eigenvalue weighted by Crippen LogP contribution is -2.54. The fourth-order valence-corrected chi connectivity index (χ4v) is 3.09. The summed E-state index contributed by atoms with van der Waals surface area (Å²) >= 11 is 5.88. The zero-order chi connectivity index (χ0) is 21.3. The number of hydrogen-bond donors (Lipinski definition) is 0. The van der Waals surface area contributed by atoms with Crippen LogP contribution in [0.2, 0.25) is 5.02 Å². The van der Waals surface area contributed by atoms with E-state index >= 15 is 0 Å². The number of benzene rings is 1. The number of ether oxygens (including phenoxy) is 1. The summed E-state index contributed by atoms with van der Waals surface area (Å²) in [4.78, 5) is 22.1. The summed E-state index contributed by atoms with van der Waals surface area (Å²) in [6.07, 6.45) is -2.55. The molecule has 0 amide bonds. The SMILES string of the molecule is O=c1ccc(-c2cnc(N3CC(OC(F)(F)F)C3)nc2)nn1Cc1ccc(Cl)cc1. The quantitative estimate of drug-likeness (QED) is 0.610. The molecule has 1 saturated heterocycles. The first-order chi connectivity index (χ1) is 14.3. The van der Waals surface area contributed by atoms with Crippen molar-refractivity contribution in [2.45, 2.75) is 19.0 Å². The second kappa shape index (κ2) is 8.04. The van der Waals surface area contributed by atoms with Crippen molar-refractivity contribution in [1.82, 2.24) is 19.7 Å². The van der Waals surface area contributed by atoms with Crippen LogP contribution in [0.25, 0.3) is 11.3 Å². The van der Waals surface area contributed by atoms with Crippen LogP contribution >= 0.6 is 11.6 Å². The number of aromatic nitrogens is 4. The average molecular weight is 438 g/mol. The lowest BCUT2D eigenvalue weighted by molar-refractivity contribution is -0.344. The highest BCUT2D eigenvalue weighted by molar-refractivity contribution is 6.30. The average Bonchev–Trinajstić information content (AvgIpc) is 2.67. The molecule has 0 unspecified atom stereocenters. The Labute approximate surface area is 173 Å². The highest BCUT2D eigenvalue weighted by Crippen LogP contribution is 2.26. The van der Waals surface area contributed by atoms with E-state index in [2.05, 4.69) is 19.8 Å². The van der Waals surface area contributed by atoms with E-state index in [9.17, 15) is 18.0 Å². The molecule has 1 fully saturated rings. The molecule has 4 rings (SSSR count). The summed E-state index contributed by atoms with van der Waals surface area (Å²) in [6.45, 7) is 0.392. The smallest absolute Gasteiger partial charge is 0.335 e. The minimum absolute atomic E-state index is 0.0586. The molecular weight excluding hydrogens is 423 g/mol. The van der Waals surface area contributed by atoms with Gasteiger partial charge in [-0.25, -0.2) is 14.6 Å². The molecule has 2 aromatic heterocycles. The van der Waals surface area contributed by atoms with Crippen LogP contribution in [0.1, 0.15) is 5.56 Å². The molecule has 0 radical (unpaired) electrons. The van der Waals surface area contributed by atoms with Crippen molar-refractivity contribution in [2.24, 2.45) is 0 Å². The Morgan fingerprint density at radius 3 is 2.37 bits per heavy atom. The Morgan fingerprint density at radius 1 is 1.07 bits per heavy atom. The zero-order valence-electron chi connectivity index (χ0n) is 15.4. The molecule has 156 valence electrons. The number of nitrogens with zero attached hydrogens (tertiary/aromatic N) is 5. The molecule has 0 saturated carbocycles. The van der Waals surface area contributed by atoms with Crippen molar-refractivity contribution in [1.29, 1.82) is 0 Å². The lowest BCUT2D eigenvalue weighted by Gasteiger charge is -2.38. The van der Waals surface area contributed by atoms with Gasteiger partial charge in [-0.05, 0) is 23.8 Å². The van der Waals surface area contributed by atoms with Gasteiger partial charge in [0.25, 0.3) is 5.56 Å². The van der Waals surface area contributed by atoms with Crippen LogP contribution < -0.4 is 10.5 Å². The maximum Gasteiger partial charge on any atom is 0.522 e. The number of halogens is 4. The van der Waals surface area contributed by atoms with Gasteiger partial charge in [0.05, 0.1) is 12.2 Å². The van der Waals surface area contributed by atoms with E-state index in [4.69, 9.17) is 11.6 Å². The van der Waals surface area contributed by atoms with Gasteiger partial charge in [0.2, 0.25) is 5.95 Å². The van der Waals surface area contributed by atoms with Crippen LogP contribution in [0.4, 0.5) is 19.1 Å². The molecular formula is C19H15ClF3N5O2. The van der Waals surface area contributed by atoms with Gasteiger partial charge in [-0.15, -0.1) is 13.2 Å². The molecule has 1 aromatic carbocycles.